The van der Waals surface area contributed by atoms with E-state index in [1.165, 1.54) is 6.07 Å². The number of rotatable bonds is 2. The number of benzene rings is 2. The Labute approximate surface area is 146 Å². The molecular weight excluding hydrogens is 391 g/mol. The van der Waals surface area contributed by atoms with Crippen molar-refractivity contribution >= 4 is 47.6 Å². The van der Waals surface area contributed by atoms with Crippen molar-refractivity contribution in [1.82, 2.24) is 0 Å². The molecule has 2 atom stereocenters. The van der Waals surface area contributed by atoms with Crippen LogP contribution < -0.4 is 9.06 Å². The van der Waals surface area contributed by atoms with Crippen LogP contribution in [-0.2, 0) is 14.8 Å². The number of nitrogens with zero attached hydrogens (tertiary/aromatic N) is 1. The third-order valence-corrected chi connectivity index (χ3v) is 7.77. The molecule has 24 heavy (non-hydrogen) atoms. The van der Waals surface area contributed by atoms with Crippen LogP contribution in [-0.4, -0.2) is 29.5 Å². The maximum atomic E-state index is 12.8. The van der Waals surface area contributed by atoms with Gasteiger partial charge in [0.1, 0.15) is 0 Å². The van der Waals surface area contributed by atoms with E-state index >= 15 is 0 Å². The van der Waals surface area contributed by atoms with Gasteiger partial charge in [0.2, 0.25) is 0 Å². The molecule has 2 N–H and O–H groups in total. The Morgan fingerprint density at radius 2 is 1.88 bits per heavy atom. The van der Waals surface area contributed by atoms with E-state index in [1.807, 2.05) is 40.3 Å². The van der Waals surface area contributed by atoms with Crippen LogP contribution >= 0.6 is 0 Å². The Hall–Kier alpha value is -1.92. The fourth-order valence-electron chi connectivity index (χ4n) is 2.99. The SMILES string of the molecule is NS(=O)(=O)c1ccc2c(N3[Se]C4C=CC=CC4C3=O)cccc2c1. The third kappa shape index (κ3) is 2.50. The molecular formula is C17H14N2O3SSe. The molecule has 5 nitrogen and oxygen atoms in total. The summed E-state index contributed by atoms with van der Waals surface area (Å²) in [6, 6.07) is 10.3. The van der Waals surface area contributed by atoms with E-state index in [0.717, 1.165) is 16.5 Å². The molecule has 0 saturated carbocycles. The van der Waals surface area contributed by atoms with Gasteiger partial charge in [-0.2, -0.15) is 0 Å². The van der Waals surface area contributed by atoms with Crippen molar-refractivity contribution in [3.05, 3.63) is 60.7 Å². The van der Waals surface area contributed by atoms with Crippen molar-refractivity contribution in [2.75, 3.05) is 3.92 Å². The quantitative estimate of drug-likeness (QED) is 0.776. The first-order valence-corrected chi connectivity index (χ1v) is 10.7. The summed E-state index contributed by atoms with van der Waals surface area (Å²) in [4.78, 5) is 13.1. The summed E-state index contributed by atoms with van der Waals surface area (Å²) in [6.07, 6.45) is 7.95. The molecule has 2 aromatic carbocycles. The average molecular weight is 405 g/mol. The second-order valence-electron chi connectivity index (χ2n) is 5.70. The molecule has 122 valence electrons. The molecule has 1 aliphatic heterocycles. The van der Waals surface area contributed by atoms with Gasteiger partial charge in [-0.1, -0.05) is 0 Å². The van der Waals surface area contributed by atoms with Gasteiger partial charge < -0.3 is 0 Å². The molecule has 1 aliphatic carbocycles. The molecule has 1 fully saturated rings. The van der Waals surface area contributed by atoms with Crippen LogP contribution in [0.1, 0.15) is 0 Å². The Balaban J connectivity index is 1.82. The van der Waals surface area contributed by atoms with E-state index in [9.17, 15) is 13.2 Å². The Morgan fingerprint density at radius 3 is 2.62 bits per heavy atom. The summed E-state index contributed by atoms with van der Waals surface area (Å²) in [5.74, 6) is 0.0116. The first-order chi connectivity index (χ1) is 11.4. The second kappa shape index (κ2) is 5.57. The van der Waals surface area contributed by atoms with Crippen LogP contribution in [0.15, 0.2) is 65.6 Å². The Bertz CT molecular complexity index is 1010. The topological polar surface area (TPSA) is 80.5 Å². The summed E-state index contributed by atoms with van der Waals surface area (Å²) < 4.78 is 24.9. The van der Waals surface area contributed by atoms with E-state index in [1.54, 1.807) is 12.1 Å². The Morgan fingerprint density at radius 1 is 1.08 bits per heavy atom. The molecule has 0 bridgehead atoms. The summed E-state index contributed by atoms with van der Waals surface area (Å²) in [6.45, 7) is 0. The van der Waals surface area contributed by atoms with Crippen molar-refractivity contribution in [1.29, 1.82) is 0 Å². The molecule has 0 spiro atoms. The number of carbonyl (C=O) groups is 1. The predicted molar refractivity (Wildman–Crippen MR) is 94.1 cm³/mol. The van der Waals surface area contributed by atoms with Gasteiger partial charge in [0.25, 0.3) is 0 Å². The van der Waals surface area contributed by atoms with Crippen LogP contribution in [0, 0.1) is 5.92 Å². The second-order valence-corrected chi connectivity index (χ2v) is 9.62. The van der Waals surface area contributed by atoms with E-state index in [4.69, 9.17) is 5.14 Å². The number of amides is 1. The number of primary sulfonamides is 1. The van der Waals surface area contributed by atoms with Gasteiger partial charge in [-0.05, 0) is 0 Å². The average Bonchev–Trinajstić information content (AvgIpc) is 2.90. The molecule has 2 unspecified atom stereocenters. The fourth-order valence-corrected chi connectivity index (χ4v) is 6.15. The minimum absolute atomic E-state index is 0.0179. The van der Waals surface area contributed by atoms with Crippen molar-refractivity contribution in [2.24, 2.45) is 11.1 Å². The van der Waals surface area contributed by atoms with Crippen LogP contribution in [0.4, 0.5) is 5.69 Å². The molecule has 2 aliphatic rings. The van der Waals surface area contributed by atoms with Crippen molar-refractivity contribution in [3.63, 3.8) is 0 Å². The Kier molecular flexibility index (Phi) is 3.62. The molecule has 1 heterocycles. The van der Waals surface area contributed by atoms with Gasteiger partial charge in [0.05, 0.1) is 0 Å². The monoisotopic (exact) mass is 406 g/mol. The number of sulfonamides is 1. The van der Waals surface area contributed by atoms with E-state index < -0.39 is 10.0 Å². The zero-order valence-electron chi connectivity index (χ0n) is 12.5. The van der Waals surface area contributed by atoms with Crippen LogP contribution in [0.5, 0.6) is 0 Å². The zero-order valence-corrected chi connectivity index (χ0v) is 15.0. The fraction of sp³-hybridized carbons (Fsp3) is 0.118. The van der Waals surface area contributed by atoms with Crippen molar-refractivity contribution < 1.29 is 13.2 Å². The van der Waals surface area contributed by atoms with Gasteiger partial charge >= 0.3 is 146 Å². The molecule has 7 heteroatoms. The number of nitrogens with two attached hydrogens (primary N) is 1. The predicted octanol–water partition coefficient (Wildman–Crippen LogP) is 1.98. The van der Waals surface area contributed by atoms with E-state index in [0.29, 0.717) is 0 Å². The zero-order chi connectivity index (χ0) is 16.9. The minimum atomic E-state index is -3.75. The molecule has 2 aromatic rings. The summed E-state index contributed by atoms with van der Waals surface area (Å²) in [5, 5.41) is 6.81. The van der Waals surface area contributed by atoms with Gasteiger partial charge in [0, 0.05) is 0 Å². The van der Waals surface area contributed by atoms with Crippen molar-refractivity contribution in [2.45, 2.75) is 9.71 Å². The van der Waals surface area contributed by atoms with Gasteiger partial charge in [-0.25, -0.2) is 0 Å². The third-order valence-electron chi connectivity index (χ3n) is 4.17. The number of anilines is 1. The molecule has 1 amide bonds. The van der Waals surface area contributed by atoms with Crippen molar-refractivity contribution in [3.8, 4) is 0 Å². The summed E-state index contributed by atoms with van der Waals surface area (Å²) >= 11 is -0.0179. The first kappa shape index (κ1) is 15.6. The van der Waals surface area contributed by atoms with E-state index in [-0.39, 0.29) is 36.7 Å². The summed E-state index contributed by atoms with van der Waals surface area (Å²) in [5.41, 5.74) is 0.828. The van der Waals surface area contributed by atoms with Crippen LogP contribution in [0.3, 0.4) is 0 Å². The number of carbonyl (C=O) groups excluding carboxylic acids is 1. The first-order valence-electron chi connectivity index (χ1n) is 7.36. The van der Waals surface area contributed by atoms with Gasteiger partial charge in [-0.3, -0.25) is 0 Å². The van der Waals surface area contributed by atoms with Gasteiger partial charge in [-0.15, -0.1) is 0 Å². The number of hydrogen-bond acceptors (Lipinski definition) is 3. The van der Waals surface area contributed by atoms with Crippen LogP contribution in [0.2, 0.25) is 4.82 Å². The number of hydrogen-bond donors (Lipinski definition) is 1. The number of allylic oxidation sites excluding steroid dienone is 3. The van der Waals surface area contributed by atoms with Crippen LogP contribution in [0.25, 0.3) is 10.8 Å². The molecule has 4 rings (SSSR count). The maximum absolute atomic E-state index is 12.8. The molecule has 0 radical (unpaired) electrons. The standard InChI is InChI=1S/C17H14N2O3SSe/c18-23(21,22)12-8-9-13-11(10-12)4-3-6-15(13)19-17(20)14-5-1-2-7-16(14)24-19/h1-10,14,16H,(H2,18,21,22). The van der Waals surface area contributed by atoms with E-state index in [2.05, 4.69) is 6.08 Å². The summed E-state index contributed by atoms with van der Waals surface area (Å²) in [7, 11) is -3.75. The number of fused-ring (bicyclic) bond motifs is 2. The van der Waals surface area contributed by atoms with Gasteiger partial charge in [0.15, 0.2) is 0 Å². The molecule has 1 saturated heterocycles. The molecule has 0 aromatic heterocycles. The normalized spacial score (nSPS) is 23.0.